The minimum absolute atomic E-state index is 0.0472. The van der Waals surface area contributed by atoms with E-state index in [-0.39, 0.29) is 15.9 Å². The first kappa shape index (κ1) is 19.3. The van der Waals surface area contributed by atoms with Gasteiger partial charge in [0.1, 0.15) is 17.7 Å². The maximum atomic E-state index is 13.4. The lowest BCUT2D eigenvalue weighted by Gasteiger charge is -2.27. The molecule has 1 amide bonds. The van der Waals surface area contributed by atoms with Gasteiger partial charge < -0.3 is 15.8 Å². The van der Waals surface area contributed by atoms with Crippen molar-refractivity contribution in [1.82, 2.24) is 5.32 Å². The van der Waals surface area contributed by atoms with Crippen LogP contribution in [0.25, 0.3) is 0 Å². The fraction of sp³-hybridized carbons (Fsp3) is 0.316. The molecule has 0 saturated heterocycles. The Balaban J connectivity index is 1.80. The van der Waals surface area contributed by atoms with Crippen LogP contribution in [-0.2, 0) is 21.1 Å². The summed E-state index contributed by atoms with van der Waals surface area (Å²) in [6.07, 6.45) is 1.26. The highest BCUT2D eigenvalue weighted by atomic mass is 32.2. The third kappa shape index (κ3) is 4.28. The molecule has 2 aromatic carbocycles. The second-order valence-electron chi connectivity index (χ2n) is 6.54. The number of ether oxygens (including phenoxy) is 1. The molecular formula is C19H21FN2O4S. The number of benzene rings is 2. The second-order valence-corrected chi connectivity index (χ2v) is 8.49. The number of carbonyl (C=O) groups excluding carboxylic acids is 1. The van der Waals surface area contributed by atoms with E-state index in [4.69, 9.17) is 10.5 Å². The normalized spacial score (nSPS) is 17.6. The van der Waals surface area contributed by atoms with E-state index >= 15 is 0 Å². The Labute approximate surface area is 157 Å². The van der Waals surface area contributed by atoms with Crippen LogP contribution in [0, 0.1) is 5.82 Å². The molecule has 1 heterocycles. The van der Waals surface area contributed by atoms with E-state index in [9.17, 15) is 17.6 Å². The third-order valence-corrected chi connectivity index (χ3v) is 6.31. The molecule has 0 aliphatic carbocycles. The largest absolute Gasteiger partial charge is 0.489 e. The van der Waals surface area contributed by atoms with Crippen LogP contribution in [-0.4, -0.2) is 33.0 Å². The summed E-state index contributed by atoms with van der Waals surface area (Å²) in [5.74, 6) is -0.577. The Morgan fingerprint density at radius 3 is 2.74 bits per heavy atom. The molecule has 1 aliphatic heterocycles. The lowest BCUT2D eigenvalue weighted by Crippen LogP contribution is -2.44. The van der Waals surface area contributed by atoms with Gasteiger partial charge in [-0.1, -0.05) is 12.1 Å². The molecule has 27 heavy (non-hydrogen) atoms. The Kier molecular flexibility index (Phi) is 5.48. The van der Waals surface area contributed by atoms with Crippen LogP contribution in [0.4, 0.5) is 4.39 Å². The molecular weight excluding hydrogens is 371 g/mol. The van der Waals surface area contributed by atoms with Gasteiger partial charge >= 0.3 is 0 Å². The van der Waals surface area contributed by atoms with Gasteiger partial charge in [0.2, 0.25) is 15.7 Å². The van der Waals surface area contributed by atoms with Crippen LogP contribution < -0.4 is 15.8 Å². The predicted molar refractivity (Wildman–Crippen MR) is 97.7 cm³/mol. The first-order valence-corrected chi connectivity index (χ1v) is 10.1. The Morgan fingerprint density at radius 1 is 1.30 bits per heavy atom. The molecule has 0 aromatic heterocycles. The van der Waals surface area contributed by atoms with Crippen LogP contribution in [0.5, 0.6) is 5.75 Å². The number of carbonyl (C=O) groups is 1. The maximum absolute atomic E-state index is 13.4. The Morgan fingerprint density at radius 2 is 2.04 bits per heavy atom. The average molecular weight is 392 g/mol. The number of amides is 1. The maximum Gasteiger partial charge on any atom is 0.234 e. The molecule has 3 N–H and O–H groups in total. The number of hydrogen-bond donors (Lipinski definition) is 2. The lowest BCUT2D eigenvalue weighted by atomic mass is 10.0. The van der Waals surface area contributed by atoms with Gasteiger partial charge in [-0.05, 0) is 55.7 Å². The quantitative estimate of drug-likeness (QED) is 0.781. The van der Waals surface area contributed by atoms with Crippen molar-refractivity contribution < 1.29 is 22.3 Å². The lowest BCUT2D eigenvalue weighted by molar-refractivity contribution is -0.119. The SMILES string of the molecule is CC(NCC1CCc2ccc(S(=O)(=O)c3cccc(F)c3)cc2O1)C(N)=O. The number of hydrogen-bond acceptors (Lipinski definition) is 5. The van der Waals surface area contributed by atoms with Crippen LogP contribution in [0.3, 0.4) is 0 Å². The van der Waals surface area contributed by atoms with Crippen molar-refractivity contribution in [3.8, 4) is 5.75 Å². The molecule has 6 nitrogen and oxygen atoms in total. The van der Waals surface area contributed by atoms with Crippen LogP contribution >= 0.6 is 0 Å². The zero-order valence-electron chi connectivity index (χ0n) is 14.8. The third-order valence-electron chi connectivity index (χ3n) is 4.56. The monoisotopic (exact) mass is 392 g/mol. The van der Waals surface area contributed by atoms with E-state index in [0.29, 0.717) is 12.3 Å². The molecule has 0 fully saturated rings. The molecule has 1 aliphatic rings. The van der Waals surface area contributed by atoms with Crippen molar-refractivity contribution in [1.29, 1.82) is 0 Å². The highest BCUT2D eigenvalue weighted by molar-refractivity contribution is 7.91. The van der Waals surface area contributed by atoms with Gasteiger partial charge in [-0.3, -0.25) is 4.79 Å². The molecule has 0 saturated carbocycles. The van der Waals surface area contributed by atoms with Crippen molar-refractivity contribution >= 4 is 15.7 Å². The van der Waals surface area contributed by atoms with E-state index in [0.717, 1.165) is 24.5 Å². The van der Waals surface area contributed by atoms with Gasteiger partial charge in [-0.25, -0.2) is 12.8 Å². The van der Waals surface area contributed by atoms with E-state index in [1.807, 2.05) is 0 Å². The number of sulfone groups is 1. The number of aryl methyl sites for hydroxylation is 1. The van der Waals surface area contributed by atoms with Crippen molar-refractivity contribution in [2.45, 2.75) is 41.7 Å². The predicted octanol–water partition coefficient (Wildman–Crippen LogP) is 1.82. The minimum Gasteiger partial charge on any atom is -0.489 e. The summed E-state index contributed by atoms with van der Waals surface area (Å²) in [5, 5.41) is 3.00. The fourth-order valence-corrected chi connectivity index (χ4v) is 4.20. The van der Waals surface area contributed by atoms with Gasteiger partial charge in [0.05, 0.1) is 15.8 Å². The topological polar surface area (TPSA) is 98.5 Å². The standard InChI is InChI=1S/C19H21FN2O4S/c1-12(19(21)23)22-11-15-7-5-13-6-8-17(10-18(13)26-15)27(24,25)16-4-2-3-14(20)9-16/h2-4,6,8-10,12,15,22H,5,7,11H2,1H3,(H2,21,23). The number of halogens is 1. The van der Waals surface area contributed by atoms with E-state index in [1.165, 1.54) is 30.3 Å². The van der Waals surface area contributed by atoms with Crippen molar-refractivity contribution in [3.63, 3.8) is 0 Å². The number of nitrogens with one attached hydrogen (secondary N) is 1. The number of rotatable bonds is 6. The first-order chi connectivity index (χ1) is 12.8. The molecule has 2 atom stereocenters. The molecule has 3 rings (SSSR count). The highest BCUT2D eigenvalue weighted by Gasteiger charge is 2.25. The fourth-order valence-electron chi connectivity index (χ4n) is 2.90. The summed E-state index contributed by atoms with van der Waals surface area (Å²) in [7, 11) is -3.85. The van der Waals surface area contributed by atoms with Gasteiger partial charge in [0, 0.05) is 6.54 Å². The molecule has 8 heteroatoms. The van der Waals surface area contributed by atoms with Crippen molar-refractivity contribution in [2.75, 3.05) is 6.54 Å². The molecule has 0 spiro atoms. The summed E-state index contributed by atoms with van der Waals surface area (Å²) in [4.78, 5) is 11.1. The second kappa shape index (κ2) is 7.66. The van der Waals surface area contributed by atoms with E-state index in [1.54, 1.807) is 13.0 Å². The summed E-state index contributed by atoms with van der Waals surface area (Å²) in [6.45, 7) is 2.09. The van der Waals surface area contributed by atoms with Crippen LogP contribution in [0.1, 0.15) is 18.9 Å². The van der Waals surface area contributed by atoms with Crippen molar-refractivity contribution in [2.24, 2.45) is 5.73 Å². The zero-order chi connectivity index (χ0) is 19.6. The van der Waals surface area contributed by atoms with Gasteiger partial charge in [0.15, 0.2) is 0 Å². The average Bonchev–Trinajstić information content (AvgIpc) is 2.65. The number of nitrogens with two attached hydrogens (primary N) is 1. The molecule has 144 valence electrons. The van der Waals surface area contributed by atoms with Gasteiger partial charge in [0.25, 0.3) is 0 Å². The number of primary amides is 1. The van der Waals surface area contributed by atoms with Gasteiger partial charge in [-0.2, -0.15) is 0 Å². The smallest absolute Gasteiger partial charge is 0.234 e. The summed E-state index contributed by atoms with van der Waals surface area (Å²) < 4.78 is 44.8. The number of fused-ring (bicyclic) bond motifs is 1. The van der Waals surface area contributed by atoms with Crippen LogP contribution in [0.15, 0.2) is 52.3 Å². The van der Waals surface area contributed by atoms with E-state index in [2.05, 4.69) is 5.32 Å². The molecule has 2 unspecified atom stereocenters. The summed E-state index contributed by atoms with van der Waals surface area (Å²) >= 11 is 0. The molecule has 0 radical (unpaired) electrons. The molecule has 2 aromatic rings. The molecule has 0 bridgehead atoms. The Bertz CT molecular complexity index is 962. The first-order valence-electron chi connectivity index (χ1n) is 8.60. The van der Waals surface area contributed by atoms with Gasteiger partial charge in [-0.15, -0.1) is 0 Å². The van der Waals surface area contributed by atoms with E-state index < -0.39 is 27.6 Å². The highest BCUT2D eigenvalue weighted by Crippen LogP contribution is 2.32. The minimum atomic E-state index is -3.85. The summed E-state index contributed by atoms with van der Waals surface area (Å²) in [6, 6.07) is 9.13. The zero-order valence-corrected chi connectivity index (χ0v) is 15.6. The Hall–Kier alpha value is -2.45. The summed E-state index contributed by atoms with van der Waals surface area (Å²) in [5.41, 5.74) is 6.14. The van der Waals surface area contributed by atoms with Crippen molar-refractivity contribution in [3.05, 3.63) is 53.8 Å². The van der Waals surface area contributed by atoms with Crippen LogP contribution in [0.2, 0.25) is 0 Å².